The van der Waals surface area contributed by atoms with E-state index in [9.17, 15) is 18.0 Å². The van der Waals surface area contributed by atoms with Gasteiger partial charge in [-0.25, -0.2) is 13.2 Å². The molecule has 4 rings (SSSR count). The summed E-state index contributed by atoms with van der Waals surface area (Å²) in [4.78, 5) is 27.2. The van der Waals surface area contributed by atoms with Crippen LogP contribution in [0.3, 0.4) is 0 Å². The van der Waals surface area contributed by atoms with Crippen molar-refractivity contribution in [2.45, 2.75) is 26.2 Å². The number of rotatable bonds is 5. The summed E-state index contributed by atoms with van der Waals surface area (Å²) in [5, 5.41) is 5.73. The Morgan fingerprint density at radius 3 is 2.58 bits per heavy atom. The number of nitrogens with zero attached hydrogens (tertiary/aromatic N) is 2. The van der Waals surface area contributed by atoms with Crippen molar-refractivity contribution in [2.75, 3.05) is 41.6 Å². The molecule has 2 heterocycles. The predicted octanol–water partition coefficient (Wildman–Crippen LogP) is 3.21. The maximum atomic E-state index is 13.1. The van der Waals surface area contributed by atoms with Gasteiger partial charge in [0.25, 0.3) is 5.91 Å². The Bertz CT molecular complexity index is 1120. The first-order chi connectivity index (χ1) is 15.8. The highest BCUT2D eigenvalue weighted by molar-refractivity contribution is 7.93. The third-order valence-corrected chi connectivity index (χ3v) is 8.02. The molecule has 8 nitrogen and oxygen atoms in total. The lowest BCUT2D eigenvalue weighted by molar-refractivity contribution is 0.0675. The Hall–Kier alpha value is -3.07. The van der Waals surface area contributed by atoms with Crippen molar-refractivity contribution in [2.24, 2.45) is 5.92 Å². The molecule has 2 fully saturated rings. The molecule has 2 aliphatic rings. The summed E-state index contributed by atoms with van der Waals surface area (Å²) < 4.78 is 25.9. The maximum absolute atomic E-state index is 13.1. The van der Waals surface area contributed by atoms with Crippen molar-refractivity contribution in [3.8, 4) is 0 Å². The van der Waals surface area contributed by atoms with Crippen LogP contribution in [0.4, 0.5) is 16.2 Å². The molecule has 0 aliphatic carbocycles. The number of anilines is 2. The highest BCUT2D eigenvalue weighted by Crippen LogP contribution is 2.26. The van der Waals surface area contributed by atoms with E-state index >= 15 is 0 Å². The van der Waals surface area contributed by atoms with Gasteiger partial charge in [0.05, 0.1) is 11.4 Å². The van der Waals surface area contributed by atoms with Crippen molar-refractivity contribution in [1.82, 2.24) is 10.2 Å². The summed E-state index contributed by atoms with van der Waals surface area (Å²) in [6, 6.07) is 14.2. The molecule has 2 N–H and O–H groups in total. The van der Waals surface area contributed by atoms with Gasteiger partial charge in [0.1, 0.15) is 0 Å². The van der Waals surface area contributed by atoms with Gasteiger partial charge in [-0.05, 0) is 62.4 Å². The van der Waals surface area contributed by atoms with Crippen molar-refractivity contribution in [1.29, 1.82) is 0 Å². The van der Waals surface area contributed by atoms with Crippen LogP contribution in [0.5, 0.6) is 0 Å². The van der Waals surface area contributed by atoms with Crippen molar-refractivity contribution < 1.29 is 18.0 Å². The van der Waals surface area contributed by atoms with E-state index in [0.717, 1.165) is 24.1 Å². The van der Waals surface area contributed by atoms with Crippen molar-refractivity contribution in [3.63, 3.8) is 0 Å². The van der Waals surface area contributed by atoms with Crippen LogP contribution < -0.4 is 14.9 Å². The number of carbonyl (C=O) groups is 2. The minimum Gasteiger partial charge on any atom is -0.338 e. The van der Waals surface area contributed by atoms with E-state index in [1.54, 1.807) is 29.2 Å². The highest BCUT2D eigenvalue weighted by atomic mass is 32.2. The van der Waals surface area contributed by atoms with Gasteiger partial charge in [-0.15, -0.1) is 0 Å². The highest BCUT2D eigenvalue weighted by Gasteiger charge is 2.30. The fourth-order valence-electron chi connectivity index (χ4n) is 4.37. The average Bonchev–Trinajstić information content (AvgIpc) is 3.18. The van der Waals surface area contributed by atoms with E-state index in [1.807, 2.05) is 31.2 Å². The molecule has 0 saturated carbocycles. The second-order valence-electron chi connectivity index (χ2n) is 8.75. The lowest BCUT2D eigenvalue weighted by atomic mass is 9.97. The zero-order chi connectivity index (χ0) is 23.4. The summed E-state index contributed by atoms with van der Waals surface area (Å²) in [6.07, 6.45) is 2.39. The first-order valence-electron chi connectivity index (χ1n) is 11.3. The molecule has 176 valence electrons. The van der Waals surface area contributed by atoms with Gasteiger partial charge in [0, 0.05) is 37.4 Å². The topological polar surface area (TPSA) is 98.8 Å². The number of hydrogen-bond acceptors (Lipinski definition) is 4. The van der Waals surface area contributed by atoms with E-state index < -0.39 is 10.0 Å². The van der Waals surface area contributed by atoms with Gasteiger partial charge in [-0.3, -0.25) is 9.10 Å². The lowest BCUT2D eigenvalue weighted by Crippen LogP contribution is -2.44. The SMILES string of the molecule is Cc1ccc(NC(=O)NCC2CCCN(C(=O)c3cccc(N4CCCS4(=O)=O)c3)C2)cc1. The number of nitrogens with one attached hydrogen (secondary N) is 2. The lowest BCUT2D eigenvalue weighted by Gasteiger charge is -2.33. The van der Waals surface area contributed by atoms with Crippen LogP contribution in [0.15, 0.2) is 48.5 Å². The monoisotopic (exact) mass is 470 g/mol. The number of piperidine rings is 1. The molecule has 0 radical (unpaired) electrons. The zero-order valence-electron chi connectivity index (χ0n) is 18.8. The van der Waals surface area contributed by atoms with Crippen LogP contribution in [-0.4, -0.2) is 57.2 Å². The summed E-state index contributed by atoms with van der Waals surface area (Å²) in [7, 11) is -3.29. The number of benzene rings is 2. The van der Waals surface area contributed by atoms with Gasteiger partial charge in [-0.2, -0.15) is 0 Å². The number of amides is 3. The first kappa shape index (κ1) is 23.1. The number of sulfonamides is 1. The molecular formula is C24H30N4O4S. The van der Waals surface area contributed by atoms with Gasteiger partial charge in [-0.1, -0.05) is 23.8 Å². The van der Waals surface area contributed by atoms with Crippen LogP contribution in [0.25, 0.3) is 0 Å². The smallest absolute Gasteiger partial charge is 0.319 e. The summed E-state index contributed by atoms with van der Waals surface area (Å²) in [6.45, 7) is 4.12. The fourth-order valence-corrected chi connectivity index (χ4v) is 5.93. The normalized spacial score (nSPS) is 19.8. The van der Waals surface area contributed by atoms with Gasteiger partial charge in [0.2, 0.25) is 10.0 Å². The number of urea groups is 1. The summed E-state index contributed by atoms with van der Waals surface area (Å²) in [5.74, 6) is 0.194. The van der Waals surface area contributed by atoms with Crippen LogP contribution in [0, 0.1) is 12.8 Å². The number of hydrogen-bond donors (Lipinski definition) is 2. The molecule has 33 heavy (non-hydrogen) atoms. The molecule has 2 saturated heterocycles. The fraction of sp³-hybridized carbons (Fsp3) is 0.417. The Morgan fingerprint density at radius 2 is 1.85 bits per heavy atom. The van der Waals surface area contributed by atoms with Gasteiger partial charge < -0.3 is 15.5 Å². The largest absolute Gasteiger partial charge is 0.338 e. The van der Waals surface area contributed by atoms with E-state index in [4.69, 9.17) is 0 Å². The maximum Gasteiger partial charge on any atom is 0.319 e. The molecule has 1 atom stereocenters. The van der Waals surface area contributed by atoms with Crippen molar-refractivity contribution >= 4 is 33.3 Å². The van der Waals surface area contributed by atoms with E-state index in [2.05, 4.69) is 10.6 Å². The quantitative estimate of drug-likeness (QED) is 0.701. The Kier molecular flexibility index (Phi) is 6.88. The molecule has 0 bridgehead atoms. The Labute approximate surface area is 195 Å². The van der Waals surface area contributed by atoms with Crippen molar-refractivity contribution in [3.05, 3.63) is 59.7 Å². The Balaban J connectivity index is 1.33. The number of likely N-dealkylation sites (tertiary alicyclic amines) is 1. The molecule has 1 unspecified atom stereocenters. The Morgan fingerprint density at radius 1 is 1.06 bits per heavy atom. The van der Waals surface area contributed by atoms with Crippen LogP contribution >= 0.6 is 0 Å². The molecule has 2 aliphatic heterocycles. The van der Waals surface area contributed by atoms with Crippen LogP contribution in [-0.2, 0) is 10.0 Å². The summed E-state index contributed by atoms with van der Waals surface area (Å²) >= 11 is 0. The zero-order valence-corrected chi connectivity index (χ0v) is 19.6. The van der Waals surface area contributed by atoms with E-state index in [0.29, 0.717) is 43.9 Å². The second-order valence-corrected chi connectivity index (χ2v) is 10.8. The van der Waals surface area contributed by atoms with E-state index in [1.165, 1.54) is 4.31 Å². The second kappa shape index (κ2) is 9.82. The summed E-state index contributed by atoms with van der Waals surface area (Å²) in [5.41, 5.74) is 2.89. The van der Waals surface area contributed by atoms with Crippen LogP contribution in [0.2, 0.25) is 0 Å². The number of aryl methyl sites for hydroxylation is 1. The third-order valence-electron chi connectivity index (χ3n) is 6.15. The van der Waals surface area contributed by atoms with Gasteiger partial charge >= 0.3 is 6.03 Å². The van der Waals surface area contributed by atoms with Gasteiger partial charge in [0.15, 0.2) is 0 Å². The number of carbonyl (C=O) groups excluding carboxylic acids is 2. The molecule has 2 aromatic carbocycles. The molecular weight excluding hydrogens is 440 g/mol. The molecule has 3 amide bonds. The molecule has 0 spiro atoms. The molecule has 9 heteroatoms. The minimum absolute atomic E-state index is 0.109. The molecule has 2 aromatic rings. The third kappa shape index (κ3) is 5.65. The standard InChI is InChI=1S/C24H30N4O4S/c1-18-8-10-21(11-9-18)26-24(30)25-16-19-5-3-12-27(17-19)23(29)20-6-2-7-22(15-20)28-13-4-14-33(28,31)32/h2,6-11,15,19H,3-5,12-14,16-17H2,1H3,(H2,25,26,30). The predicted molar refractivity (Wildman–Crippen MR) is 129 cm³/mol. The first-order valence-corrected chi connectivity index (χ1v) is 12.9. The van der Waals surface area contributed by atoms with Crippen LogP contribution in [0.1, 0.15) is 35.2 Å². The minimum atomic E-state index is -3.29. The molecule has 0 aromatic heterocycles. The average molecular weight is 471 g/mol. The van der Waals surface area contributed by atoms with E-state index in [-0.39, 0.29) is 23.6 Å².